The molecular weight excluding hydrogens is 236 g/mol. The minimum atomic E-state index is -0.409. The molecule has 0 amide bonds. The van der Waals surface area contributed by atoms with E-state index in [1.807, 2.05) is 37.3 Å². The Morgan fingerprint density at radius 1 is 1.32 bits per heavy atom. The van der Waals surface area contributed by atoms with Crippen LogP contribution in [0.1, 0.15) is 36.5 Å². The van der Waals surface area contributed by atoms with E-state index in [1.165, 1.54) is 0 Å². The van der Waals surface area contributed by atoms with Gasteiger partial charge in [-0.05, 0) is 57.0 Å². The second kappa shape index (κ2) is 4.74. The fourth-order valence-corrected chi connectivity index (χ4v) is 2.79. The Morgan fingerprint density at radius 3 is 3.00 bits per heavy atom. The lowest BCUT2D eigenvalue weighted by Gasteiger charge is -2.33. The Labute approximate surface area is 113 Å². The third-order valence-corrected chi connectivity index (χ3v) is 3.99. The number of pyridine rings is 1. The Hall–Kier alpha value is -1.74. The predicted octanol–water partition coefficient (Wildman–Crippen LogP) is 2.95. The van der Waals surface area contributed by atoms with Crippen LogP contribution in [0.3, 0.4) is 0 Å². The summed E-state index contributed by atoms with van der Waals surface area (Å²) in [5, 5.41) is 4.40. The first-order chi connectivity index (χ1) is 9.19. The Bertz CT molecular complexity index is 615. The van der Waals surface area contributed by atoms with Crippen molar-refractivity contribution < 1.29 is 4.79 Å². The molecule has 3 nitrogen and oxygen atoms in total. The Balaban J connectivity index is 1.97. The number of carbonyl (C=O) groups excluding carboxylic acids is 1. The quantitative estimate of drug-likeness (QED) is 0.838. The van der Waals surface area contributed by atoms with Crippen molar-refractivity contribution in [3.8, 4) is 0 Å². The summed E-state index contributed by atoms with van der Waals surface area (Å²) in [4.78, 5) is 17.0. The molecule has 1 saturated heterocycles. The molecule has 1 aromatic heterocycles. The van der Waals surface area contributed by atoms with Crippen molar-refractivity contribution in [2.75, 3.05) is 6.54 Å². The van der Waals surface area contributed by atoms with Gasteiger partial charge in [0.15, 0.2) is 5.78 Å². The van der Waals surface area contributed by atoms with Crippen molar-refractivity contribution in [2.45, 2.75) is 31.7 Å². The largest absolute Gasteiger partial charge is 0.305 e. The fourth-order valence-electron chi connectivity index (χ4n) is 2.79. The number of Topliss-reactive ketones (excluding diaryl/α,β-unsaturated/α-hetero) is 1. The number of nitrogens with one attached hydrogen (secondary N) is 1. The first kappa shape index (κ1) is 12.3. The number of benzene rings is 1. The van der Waals surface area contributed by atoms with Crippen LogP contribution in [0.15, 0.2) is 36.5 Å². The highest BCUT2D eigenvalue weighted by molar-refractivity contribution is 6.05. The van der Waals surface area contributed by atoms with Gasteiger partial charge >= 0.3 is 0 Å². The van der Waals surface area contributed by atoms with E-state index in [2.05, 4.69) is 10.3 Å². The molecule has 1 atom stereocenters. The summed E-state index contributed by atoms with van der Waals surface area (Å²) in [5.74, 6) is 0.193. The van der Waals surface area contributed by atoms with Gasteiger partial charge in [-0.2, -0.15) is 0 Å². The summed E-state index contributed by atoms with van der Waals surface area (Å²) in [7, 11) is 0. The molecule has 0 aliphatic carbocycles. The van der Waals surface area contributed by atoms with E-state index in [1.54, 1.807) is 6.20 Å². The molecule has 1 aliphatic heterocycles. The number of hydrogen-bond acceptors (Lipinski definition) is 3. The zero-order valence-corrected chi connectivity index (χ0v) is 11.1. The summed E-state index contributed by atoms with van der Waals surface area (Å²) in [6.45, 7) is 2.94. The summed E-state index contributed by atoms with van der Waals surface area (Å²) >= 11 is 0. The van der Waals surface area contributed by atoms with E-state index in [4.69, 9.17) is 0 Å². The van der Waals surface area contributed by atoms with Gasteiger partial charge in [0.05, 0.1) is 11.1 Å². The van der Waals surface area contributed by atoms with E-state index in [-0.39, 0.29) is 5.78 Å². The smallest absolute Gasteiger partial charge is 0.182 e. The van der Waals surface area contributed by atoms with Gasteiger partial charge in [-0.15, -0.1) is 0 Å². The van der Waals surface area contributed by atoms with Crippen LogP contribution in [-0.2, 0) is 0 Å². The van der Waals surface area contributed by atoms with Gasteiger partial charge in [0.1, 0.15) is 0 Å². The van der Waals surface area contributed by atoms with Crippen LogP contribution in [0.25, 0.3) is 10.9 Å². The molecule has 2 aromatic rings. The molecule has 1 fully saturated rings. The van der Waals surface area contributed by atoms with Crippen LogP contribution >= 0.6 is 0 Å². The molecule has 98 valence electrons. The molecule has 2 heterocycles. The summed E-state index contributed by atoms with van der Waals surface area (Å²) in [5.41, 5.74) is 1.30. The maximum absolute atomic E-state index is 12.7. The average molecular weight is 254 g/mol. The lowest BCUT2D eigenvalue weighted by molar-refractivity contribution is 0.0835. The van der Waals surface area contributed by atoms with Crippen LogP contribution in [-0.4, -0.2) is 22.9 Å². The maximum Gasteiger partial charge on any atom is 0.182 e. The number of fused-ring (bicyclic) bond motifs is 1. The lowest BCUT2D eigenvalue weighted by atomic mass is 9.83. The van der Waals surface area contributed by atoms with Crippen LogP contribution in [0.2, 0.25) is 0 Å². The SMILES string of the molecule is CC1(C(=O)c2ccc3ncccc3c2)CCCCN1. The molecular formula is C16H18N2O. The van der Waals surface area contributed by atoms with Gasteiger partial charge in [-0.1, -0.05) is 6.07 Å². The number of piperidine rings is 1. The standard InChI is InChI=1S/C16H18N2O/c1-16(8-2-3-10-18-16)15(19)13-6-7-14-12(11-13)5-4-9-17-14/h4-7,9,11,18H,2-3,8,10H2,1H3. The zero-order valence-electron chi connectivity index (χ0n) is 11.1. The molecule has 3 rings (SSSR count). The second-order valence-corrected chi connectivity index (χ2v) is 5.46. The van der Waals surface area contributed by atoms with Crippen molar-refractivity contribution in [2.24, 2.45) is 0 Å². The predicted molar refractivity (Wildman–Crippen MR) is 76.3 cm³/mol. The third-order valence-electron chi connectivity index (χ3n) is 3.99. The van der Waals surface area contributed by atoms with Gasteiger partial charge in [0.25, 0.3) is 0 Å². The molecule has 1 N–H and O–H groups in total. The molecule has 0 radical (unpaired) electrons. The van der Waals surface area contributed by atoms with Crippen molar-refractivity contribution in [3.05, 3.63) is 42.1 Å². The van der Waals surface area contributed by atoms with Gasteiger partial charge in [-0.3, -0.25) is 9.78 Å². The van der Waals surface area contributed by atoms with Crippen LogP contribution in [0.5, 0.6) is 0 Å². The van der Waals surface area contributed by atoms with Crippen LogP contribution in [0.4, 0.5) is 0 Å². The minimum Gasteiger partial charge on any atom is -0.305 e. The van der Waals surface area contributed by atoms with E-state index >= 15 is 0 Å². The van der Waals surface area contributed by atoms with Gasteiger partial charge in [-0.25, -0.2) is 0 Å². The van der Waals surface area contributed by atoms with E-state index < -0.39 is 5.54 Å². The maximum atomic E-state index is 12.7. The summed E-state index contributed by atoms with van der Waals surface area (Å²) in [6.07, 6.45) is 4.96. The fraction of sp³-hybridized carbons (Fsp3) is 0.375. The highest BCUT2D eigenvalue weighted by Crippen LogP contribution is 2.24. The molecule has 3 heteroatoms. The van der Waals surface area contributed by atoms with Crippen LogP contribution in [0, 0.1) is 0 Å². The Kier molecular flexibility index (Phi) is 3.07. The second-order valence-electron chi connectivity index (χ2n) is 5.46. The van der Waals surface area contributed by atoms with Crippen molar-refractivity contribution in [1.29, 1.82) is 0 Å². The van der Waals surface area contributed by atoms with Crippen molar-refractivity contribution in [1.82, 2.24) is 10.3 Å². The summed E-state index contributed by atoms with van der Waals surface area (Å²) in [6, 6.07) is 9.66. The number of hydrogen-bond donors (Lipinski definition) is 1. The third kappa shape index (κ3) is 2.26. The molecule has 1 aromatic carbocycles. The van der Waals surface area contributed by atoms with E-state index in [9.17, 15) is 4.79 Å². The monoisotopic (exact) mass is 254 g/mol. The zero-order chi connectivity index (χ0) is 13.3. The number of ketones is 1. The number of rotatable bonds is 2. The van der Waals surface area contributed by atoms with Gasteiger partial charge in [0.2, 0.25) is 0 Å². The first-order valence-corrected chi connectivity index (χ1v) is 6.84. The van der Waals surface area contributed by atoms with Gasteiger partial charge in [0, 0.05) is 17.1 Å². The van der Waals surface area contributed by atoms with E-state index in [0.717, 1.165) is 42.3 Å². The molecule has 0 saturated carbocycles. The minimum absolute atomic E-state index is 0.193. The highest BCUT2D eigenvalue weighted by atomic mass is 16.1. The molecule has 19 heavy (non-hydrogen) atoms. The normalized spacial score (nSPS) is 23.4. The lowest BCUT2D eigenvalue weighted by Crippen LogP contribution is -2.52. The molecule has 1 unspecified atom stereocenters. The highest BCUT2D eigenvalue weighted by Gasteiger charge is 2.34. The molecule has 0 spiro atoms. The topological polar surface area (TPSA) is 42.0 Å². The first-order valence-electron chi connectivity index (χ1n) is 6.84. The number of nitrogens with zero attached hydrogens (tertiary/aromatic N) is 1. The van der Waals surface area contributed by atoms with Crippen LogP contribution < -0.4 is 5.32 Å². The number of aromatic nitrogens is 1. The van der Waals surface area contributed by atoms with Crippen molar-refractivity contribution in [3.63, 3.8) is 0 Å². The van der Waals surface area contributed by atoms with E-state index in [0.29, 0.717) is 0 Å². The van der Waals surface area contributed by atoms with Gasteiger partial charge < -0.3 is 5.32 Å². The Morgan fingerprint density at radius 2 is 2.21 bits per heavy atom. The molecule has 1 aliphatic rings. The molecule has 0 bridgehead atoms. The summed E-state index contributed by atoms with van der Waals surface area (Å²) < 4.78 is 0. The van der Waals surface area contributed by atoms with Crippen molar-refractivity contribution >= 4 is 16.7 Å². The average Bonchev–Trinajstić information content (AvgIpc) is 2.47. The number of carbonyl (C=O) groups is 1.